The fraction of sp³-hybridized carbons (Fsp3) is 0.350. The van der Waals surface area contributed by atoms with E-state index in [-0.39, 0.29) is 11.9 Å². The molecule has 1 amide bonds. The first-order chi connectivity index (χ1) is 11.0. The highest BCUT2D eigenvalue weighted by Crippen LogP contribution is 2.14. The number of likely N-dealkylation sites (N-methyl/N-ethyl adjacent to an activating group) is 1. The highest BCUT2D eigenvalue weighted by atomic mass is 16.2. The summed E-state index contributed by atoms with van der Waals surface area (Å²) in [6.45, 7) is 6.92. The minimum Gasteiger partial charge on any atom is -0.325 e. The number of anilines is 1. The van der Waals surface area contributed by atoms with Crippen molar-refractivity contribution in [2.24, 2.45) is 0 Å². The van der Waals surface area contributed by atoms with Gasteiger partial charge < -0.3 is 5.32 Å². The summed E-state index contributed by atoms with van der Waals surface area (Å²) in [4.78, 5) is 14.5. The van der Waals surface area contributed by atoms with Crippen LogP contribution in [0.2, 0.25) is 0 Å². The Kier molecular flexibility index (Phi) is 5.94. The molecule has 3 heteroatoms. The van der Waals surface area contributed by atoms with Crippen molar-refractivity contribution in [1.82, 2.24) is 4.90 Å². The van der Waals surface area contributed by atoms with Crippen molar-refractivity contribution in [2.75, 3.05) is 12.4 Å². The molecule has 0 radical (unpaired) electrons. The number of hydrogen-bond donors (Lipinski definition) is 1. The first-order valence-corrected chi connectivity index (χ1v) is 8.15. The molecule has 0 bridgehead atoms. The molecule has 0 heterocycles. The van der Waals surface area contributed by atoms with Gasteiger partial charge in [-0.05, 0) is 56.1 Å². The molecule has 0 aliphatic rings. The smallest absolute Gasteiger partial charge is 0.241 e. The third-order valence-corrected chi connectivity index (χ3v) is 4.35. The molecule has 0 saturated carbocycles. The summed E-state index contributed by atoms with van der Waals surface area (Å²) in [5, 5.41) is 2.99. The van der Waals surface area contributed by atoms with Crippen molar-refractivity contribution in [3.8, 4) is 0 Å². The second-order valence-corrected chi connectivity index (χ2v) is 6.06. The normalized spacial score (nSPS) is 12.2. The third-order valence-electron chi connectivity index (χ3n) is 4.35. The van der Waals surface area contributed by atoms with Crippen LogP contribution in [0.3, 0.4) is 0 Å². The maximum Gasteiger partial charge on any atom is 0.241 e. The van der Waals surface area contributed by atoms with Crippen molar-refractivity contribution in [3.05, 3.63) is 65.2 Å². The van der Waals surface area contributed by atoms with Crippen LogP contribution >= 0.6 is 0 Å². The van der Waals surface area contributed by atoms with Gasteiger partial charge in [-0.15, -0.1) is 0 Å². The SMILES string of the molecule is CCc1ccc(NC(=O)[C@H](C)N(C)Cc2ccccc2C)cc1. The maximum atomic E-state index is 12.4. The van der Waals surface area contributed by atoms with E-state index in [4.69, 9.17) is 0 Å². The van der Waals surface area contributed by atoms with E-state index in [0.717, 1.165) is 18.7 Å². The van der Waals surface area contributed by atoms with Gasteiger partial charge in [0.1, 0.15) is 0 Å². The Morgan fingerprint density at radius 1 is 1.13 bits per heavy atom. The van der Waals surface area contributed by atoms with Gasteiger partial charge in [-0.25, -0.2) is 0 Å². The van der Waals surface area contributed by atoms with Crippen LogP contribution in [0.5, 0.6) is 0 Å². The monoisotopic (exact) mass is 310 g/mol. The molecule has 2 aromatic carbocycles. The first-order valence-electron chi connectivity index (χ1n) is 8.15. The average Bonchev–Trinajstić information content (AvgIpc) is 2.56. The van der Waals surface area contributed by atoms with Crippen molar-refractivity contribution in [1.29, 1.82) is 0 Å². The molecule has 0 aliphatic carbocycles. The zero-order valence-corrected chi connectivity index (χ0v) is 14.5. The first kappa shape index (κ1) is 17.2. The predicted molar refractivity (Wildman–Crippen MR) is 96.6 cm³/mol. The van der Waals surface area contributed by atoms with Crippen molar-refractivity contribution < 1.29 is 4.79 Å². The average molecular weight is 310 g/mol. The molecule has 1 N–H and O–H groups in total. The Labute approximate surface area is 139 Å². The maximum absolute atomic E-state index is 12.4. The lowest BCUT2D eigenvalue weighted by atomic mass is 10.1. The highest BCUT2D eigenvalue weighted by Gasteiger charge is 2.18. The molecule has 0 unspecified atom stereocenters. The van der Waals surface area contributed by atoms with E-state index < -0.39 is 0 Å². The molecule has 0 saturated heterocycles. The summed E-state index contributed by atoms with van der Waals surface area (Å²) in [5.74, 6) is 0.0188. The van der Waals surface area contributed by atoms with Gasteiger partial charge in [-0.1, -0.05) is 43.3 Å². The van der Waals surface area contributed by atoms with E-state index in [2.05, 4.69) is 48.3 Å². The Bertz CT molecular complexity index is 649. The zero-order valence-electron chi connectivity index (χ0n) is 14.5. The molecule has 0 spiro atoms. The minimum absolute atomic E-state index is 0.0188. The molecule has 2 rings (SSSR count). The number of benzene rings is 2. The zero-order chi connectivity index (χ0) is 16.8. The number of rotatable bonds is 6. The number of amides is 1. The van der Waals surface area contributed by atoms with Crippen molar-refractivity contribution >= 4 is 11.6 Å². The van der Waals surface area contributed by atoms with Crippen LogP contribution in [0.4, 0.5) is 5.69 Å². The van der Waals surface area contributed by atoms with Crippen LogP contribution in [-0.2, 0) is 17.8 Å². The predicted octanol–water partition coefficient (Wildman–Crippen LogP) is 4.02. The van der Waals surface area contributed by atoms with E-state index in [1.165, 1.54) is 16.7 Å². The minimum atomic E-state index is -0.194. The molecule has 122 valence electrons. The number of hydrogen-bond acceptors (Lipinski definition) is 2. The number of aryl methyl sites for hydroxylation is 2. The second-order valence-electron chi connectivity index (χ2n) is 6.06. The molecule has 1 atom stereocenters. The quantitative estimate of drug-likeness (QED) is 0.874. The molecule has 0 fully saturated rings. The van der Waals surface area contributed by atoms with Gasteiger partial charge in [0.15, 0.2) is 0 Å². The molecule has 0 aliphatic heterocycles. The molecule has 23 heavy (non-hydrogen) atoms. The Hall–Kier alpha value is -2.13. The lowest BCUT2D eigenvalue weighted by molar-refractivity contribution is -0.120. The summed E-state index contributed by atoms with van der Waals surface area (Å²) in [6.07, 6.45) is 1.00. The van der Waals surface area contributed by atoms with Crippen molar-refractivity contribution in [3.63, 3.8) is 0 Å². The lowest BCUT2D eigenvalue weighted by Gasteiger charge is -2.24. The molecular weight excluding hydrogens is 284 g/mol. The number of nitrogens with one attached hydrogen (secondary N) is 1. The Morgan fingerprint density at radius 3 is 2.39 bits per heavy atom. The second kappa shape index (κ2) is 7.93. The van der Waals surface area contributed by atoms with Crippen LogP contribution in [0.1, 0.15) is 30.5 Å². The van der Waals surface area contributed by atoms with E-state index in [9.17, 15) is 4.79 Å². The molecule has 2 aromatic rings. The summed E-state index contributed by atoms with van der Waals surface area (Å²) in [7, 11) is 1.98. The summed E-state index contributed by atoms with van der Waals surface area (Å²) < 4.78 is 0. The van der Waals surface area contributed by atoms with Gasteiger partial charge in [0.2, 0.25) is 5.91 Å². The summed E-state index contributed by atoms with van der Waals surface area (Å²) in [5.41, 5.74) is 4.63. The summed E-state index contributed by atoms with van der Waals surface area (Å²) >= 11 is 0. The van der Waals surface area contributed by atoms with Crippen molar-refractivity contribution in [2.45, 2.75) is 39.8 Å². The highest BCUT2D eigenvalue weighted by molar-refractivity contribution is 5.94. The Morgan fingerprint density at radius 2 is 1.78 bits per heavy atom. The van der Waals surface area contributed by atoms with E-state index in [0.29, 0.717) is 0 Å². The third kappa shape index (κ3) is 4.67. The number of carbonyl (C=O) groups excluding carboxylic acids is 1. The molecule has 3 nitrogen and oxygen atoms in total. The van der Waals surface area contributed by atoms with Gasteiger partial charge in [0, 0.05) is 12.2 Å². The summed E-state index contributed by atoms with van der Waals surface area (Å²) in [6, 6.07) is 16.1. The van der Waals surface area contributed by atoms with Gasteiger partial charge in [-0.2, -0.15) is 0 Å². The van der Waals surface area contributed by atoms with Gasteiger partial charge in [0.05, 0.1) is 6.04 Å². The van der Waals surface area contributed by atoms with Gasteiger partial charge in [-0.3, -0.25) is 9.69 Å². The fourth-order valence-corrected chi connectivity index (χ4v) is 2.46. The lowest BCUT2D eigenvalue weighted by Crippen LogP contribution is -2.39. The van der Waals surface area contributed by atoms with E-state index in [1.807, 2.05) is 38.2 Å². The van der Waals surface area contributed by atoms with Crippen LogP contribution in [-0.4, -0.2) is 23.9 Å². The largest absolute Gasteiger partial charge is 0.325 e. The van der Waals surface area contributed by atoms with Crippen LogP contribution < -0.4 is 5.32 Å². The van der Waals surface area contributed by atoms with E-state index >= 15 is 0 Å². The van der Waals surface area contributed by atoms with Gasteiger partial charge in [0.25, 0.3) is 0 Å². The van der Waals surface area contributed by atoms with Crippen LogP contribution in [0.25, 0.3) is 0 Å². The molecule has 0 aromatic heterocycles. The topological polar surface area (TPSA) is 32.3 Å². The van der Waals surface area contributed by atoms with E-state index in [1.54, 1.807) is 0 Å². The number of carbonyl (C=O) groups is 1. The number of nitrogens with zero attached hydrogens (tertiary/aromatic N) is 1. The van der Waals surface area contributed by atoms with Crippen LogP contribution in [0.15, 0.2) is 48.5 Å². The molecular formula is C20H26N2O. The Balaban J connectivity index is 1.96. The standard InChI is InChI=1S/C20H26N2O/c1-5-17-10-12-19(13-11-17)21-20(23)16(3)22(4)14-18-9-7-6-8-15(18)2/h6-13,16H,5,14H2,1-4H3,(H,21,23)/t16-/m0/s1. The van der Waals surface area contributed by atoms with Crippen LogP contribution in [0, 0.1) is 6.92 Å². The van der Waals surface area contributed by atoms with Gasteiger partial charge >= 0.3 is 0 Å². The fourth-order valence-electron chi connectivity index (χ4n) is 2.46.